The van der Waals surface area contributed by atoms with E-state index in [1.54, 1.807) is 0 Å². The average molecular weight is 393 g/mol. The summed E-state index contributed by atoms with van der Waals surface area (Å²) in [5.74, 6) is 0.00122. The van der Waals surface area contributed by atoms with Gasteiger partial charge in [-0.3, -0.25) is 9.69 Å². The van der Waals surface area contributed by atoms with Crippen LogP contribution in [0.3, 0.4) is 0 Å². The van der Waals surface area contributed by atoms with E-state index in [-0.39, 0.29) is 12.1 Å². The second-order valence-corrected chi connectivity index (χ2v) is 7.79. The predicted octanol–water partition coefficient (Wildman–Crippen LogP) is 5.68. The molecule has 1 N–H and O–H groups in total. The fourth-order valence-electron chi connectivity index (χ4n) is 4.03. The molecule has 0 fully saturated rings. The maximum atomic E-state index is 13.6. The molecular formula is C26H23N3O. The smallest absolute Gasteiger partial charge is 0.262 e. The Morgan fingerprint density at radius 1 is 0.800 bits per heavy atom. The van der Waals surface area contributed by atoms with E-state index >= 15 is 0 Å². The Labute approximate surface area is 176 Å². The van der Waals surface area contributed by atoms with Crippen molar-refractivity contribution < 1.29 is 4.79 Å². The van der Waals surface area contributed by atoms with E-state index in [2.05, 4.69) is 58.7 Å². The van der Waals surface area contributed by atoms with E-state index in [1.807, 2.05) is 61.5 Å². The van der Waals surface area contributed by atoms with Gasteiger partial charge in [-0.2, -0.15) is 0 Å². The fraction of sp³-hybridized carbons (Fsp3) is 0.115. The highest BCUT2D eigenvalue weighted by Crippen LogP contribution is 2.37. The number of nitrogens with zero attached hydrogens (tertiary/aromatic N) is 2. The summed E-state index contributed by atoms with van der Waals surface area (Å²) in [6, 6.07) is 30.4. The zero-order valence-corrected chi connectivity index (χ0v) is 17.0. The van der Waals surface area contributed by atoms with Crippen LogP contribution in [0.25, 0.3) is 10.8 Å². The highest BCUT2D eigenvalue weighted by Gasteiger charge is 2.34. The Bertz CT molecular complexity index is 1230. The SMILES string of the molecule is CN(C)c1ccc(C2Nc3ccccc3C(=O)N2c2ccc3ccccc3c2)cc1. The summed E-state index contributed by atoms with van der Waals surface area (Å²) in [6.07, 6.45) is -0.287. The maximum Gasteiger partial charge on any atom is 0.262 e. The lowest BCUT2D eigenvalue weighted by molar-refractivity contribution is 0.0975. The third-order valence-corrected chi connectivity index (χ3v) is 5.66. The Morgan fingerprint density at radius 3 is 2.27 bits per heavy atom. The third-order valence-electron chi connectivity index (χ3n) is 5.66. The van der Waals surface area contributed by atoms with Crippen LogP contribution in [-0.4, -0.2) is 20.0 Å². The Hall–Kier alpha value is -3.79. The molecule has 4 aromatic rings. The minimum atomic E-state index is -0.287. The van der Waals surface area contributed by atoms with E-state index in [9.17, 15) is 4.79 Å². The molecule has 0 spiro atoms. The molecule has 0 aliphatic carbocycles. The van der Waals surface area contributed by atoms with Gasteiger partial charge in [0.25, 0.3) is 5.91 Å². The average Bonchev–Trinajstić information content (AvgIpc) is 2.79. The quantitative estimate of drug-likeness (QED) is 0.487. The molecule has 0 saturated carbocycles. The number of hydrogen-bond donors (Lipinski definition) is 1. The molecule has 1 amide bonds. The van der Waals surface area contributed by atoms with Gasteiger partial charge < -0.3 is 10.2 Å². The molecule has 0 saturated heterocycles. The van der Waals surface area contributed by atoms with Gasteiger partial charge in [0.05, 0.1) is 5.56 Å². The molecule has 5 rings (SSSR count). The first-order valence-electron chi connectivity index (χ1n) is 10.1. The van der Waals surface area contributed by atoms with Gasteiger partial charge in [0, 0.05) is 31.2 Å². The molecule has 0 aromatic heterocycles. The van der Waals surface area contributed by atoms with Gasteiger partial charge in [0.1, 0.15) is 6.17 Å². The molecule has 1 aliphatic rings. The van der Waals surface area contributed by atoms with Gasteiger partial charge in [-0.1, -0.05) is 54.6 Å². The summed E-state index contributed by atoms with van der Waals surface area (Å²) in [4.78, 5) is 17.5. The molecule has 30 heavy (non-hydrogen) atoms. The van der Waals surface area contributed by atoms with Crippen LogP contribution in [0, 0.1) is 0 Å². The van der Waals surface area contributed by atoms with Crippen LogP contribution < -0.4 is 15.1 Å². The fourth-order valence-corrected chi connectivity index (χ4v) is 4.03. The first-order chi connectivity index (χ1) is 14.6. The Balaban J connectivity index is 1.64. The van der Waals surface area contributed by atoms with Gasteiger partial charge in [-0.25, -0.2) is 0 Å². The molecule has 1 unspecified atom stereocenters. The van der Waals surface area contributed by atoms with Gasteiger partial charge in [0.2, 0.25) is 0 Å². The third kappa shape index (κ3) is 3.07. The zero-order valence-electron chi connectivity index (χ0n) is 17.0. The molecule has 4 heteroatoms. The number of benzene rings is 4. The zero-order chi connectivity index (χ0) is 20.7. The summed E-state index contributed by atoms with van der Waals surface area (Å²) < 4.78 is 0. The van der Waals surface area contributed by atoms with Gasteiger partial charge in [0.15, 0.2) is 0 Å². The van der Waals surface area contributed by atoms with Crippen LogP contribution in [-0.2, 0) is 0 Å². The van der Waals surface area contributed by atoms with Crippen LogP contribution in [0.2, 0.25) is 0 Å². The molecule has 1 aliphatic heterocycles. The van der Waals surface area contributed by atoms with Gasteiger partial charge in [-0.05, 0) is 52.7 Å². The Morgan fingerprint density at radius 2 is 1.50 bits per heavy atom. The highest BCUT2D eigenvalue weighted by atomic mass is 16.2. The van der Waals surface area contributed by atoms with Crippen LogP contribution in [0.15, 0.2) is 91.0 Å². The predicted molar refractivity (Wildman–Crippen MR) is 124 cm³/mol. The number of amides is 1. The second kappa shape index (κ2) is 7.23. The maximum absolute atomic E-state index is 13.6. The van der Waals surface area contributed by atoms with E-state index in [0.29, 0.717) is 5.56 Å². The number of nitrogens with one attached hydrogen (secondary N) is 1. The number of fused-ring (bicyclic) bond motifs is 2. The second-order valence-electron chi connectivity index (χ2n) is 7.79. The standard InChI is InChI=1S/C26H23N3O/c1-28(2)21-14-12-19(13-15-21)25-27-24-10-6-5-9-23(24)26(30)29(25)22-16-11-18-7-3-4-8-20(18)17-22/h3-17,25,27H,1-2H3. The lowest BCUT2D eigenvalue weighted by Gasteiger charge is -2.38. The van der Waals surface area contributed by atoms with Crippen molar-refractivity contribution in [1.82, 2.24) is 0 Å². The van der Waals surface area contributed by atoms with Crippen molar-refractivity contribution >= 4 is 33.7 Å². The largest absolute Gasteiger partial charge is 0.378 e. The summed E-state index contributed by atoms with van der Waals surface area (Å²) in [6.45, 7) is 0. The summed E-state index contributed by atoms with van der Waals surface area (Å²) in [5.41, 5.74) is 4.59. The minimum Gasteiger partial charge on any atom is -0.378 e. The van der Waals surface area contributed by atoms with Crippen molar-refractivity contribution in [2.24, 2.45) is 0 Å². The monoisotopic (exact) mass is 393 g/mol. The first kappa shape index (κ1) is 18.3. The summed E-state index contributed by atoms with van der Waals surface area (Å²) in [5, 5.41) is 5.85. The summed E-state index contributed by atoms with van der Waals surface area (Å²) in [7, 11) is 4.05. The molecular weight excluding hydrogens is 370 g/mol. The Kier molecular flexibility index (Phi) is 4.40. The van der Waals surface area contributed by atoms with Crippen molar-refractivity contribution in [2.75, 3.05) is 29.2 Å². The lowest BCUT2D eigenvalue weighted by Crippen LogP contribution is -2.43. The molecule has 0 radical (unpaired) electrons. The highest BCUT2D eigenvalue weighted by molar-refractivity contribution is 6.12. The van der Waals surface area contributed by atoms with Gasteiger partial charge in [-0.15, -0.1) is 0 Å². The number of carbonyl (C=O) groups is 1. The molecule has 148 valence electrons. The number of carbonyl (C=O) groups excluding carboxylic acids is 1. The summed E-state index contributed by atoms with van der Waals surface area (Å²) >= 11 is 0. The van der Waals surface area contributed by atoms with E-state index < -0.39 is 0 Å². The van der Waals surface area contributed by atoms with Crippen molar-refractivity contribution in [3.63, 3.8) is 0 Å². The number of hydrogen-bond acceptors (Lipinski definition) is 3. The molecule has 1 atom stereocenters. The van der Waals surface area contributed by atoms with Crippen LogP contribution >= 0.6 is 0 Å². The van der Waals surface area contributed by atoms with E-state index in [0.717, 1.165) is 33.4 Å². The van der Waals surface area contributed by atoms with Gasteiger partial charge >= 0.3 is 0 Å². The van der Waals surface area contributed by atoms with Crippen molar-refractivity contribution in [3.05, 3.63) is 102 Å². The van der Waals surface area contributed by atoms with Crippen LogP contribution in [0.1, 0.15) is 22.1 Å². The first-order valence-corrected chi connectivity index (χ1v) is 10.1. The van der Waals surface area contributed by atoms with Crippen molar-refractivity contribution in [2.45, 2.75) is 6.17 Å². The molecule has 4 aromatic carbocycles. The lowest BCUT2D eigenvalue weighted by atomic mass is 10.0. The normalized spacial score (nSPS) is 15.6. The van der Waals surface area contributed by atoms with E-state index in [4.69, 9.17) is 0 Å². The van der Waals surface area contributed by atoms with Crippen LogP contribution in [0.4, 0.5) is 17.1 Å². The number of anilines is 3. The minimum absolute atomic E-state index is 0.00122. The molecule has 4 nitrogen and oxygen atoms in total. The number of rotatable bonds is 3. The molecule has 1 heterocycles. The van der Waals surface area contributed by atoms with Crippen molar-refractivity contribution in [1.29, 1.82) is 0 Å². The van der Waals surface area contributed by atoms with Crippen LogP contribution in [0.5, 0.6) is 0 Å². The van der Waals surface area contributed by atoms with E-state index in [1.165, 1.54) is 0 Å². The van der Waals surface area contributed by atoms with Crippen molar-refractivity contribution in [3.8, 4) is 0 Å². The molecule has 0 bridgehead atoms. The topological polar surface area (TPSA) is 35.6 Å². The number of para-hydroxylation sites is 1.